The Morgan fingerprint density at radius 3 is 2.54 bits per heavy atom. The Balaban J connectivity index is 1.81. The summed E-state index contributed by atoms with van der Waals surface area (Å²) >= 11 is 0. The smallest absolute Gasteiger partial charge is 0.337 e. The summed E-state index contributed by atoms with van der Waals surface area (Å²) in [7, 11) is 1.29. The van der Waals surface area contributed by atoms with Crippen LogP contribution < -0.4 is 10.6 Å². The molecule has 0 amide bonds. The molecule has 132 valence electrons. The highest BCUT2D eigenvalue weighted by molar-refractivity contribution is 5.90. The number of nitrogens with one attached hydrogen (secondary N) is 2. The van der Waals surface area contributed by atoms with Gasteiger partial charge in [-0.1, -0.05) is 12.1 Å². The fourth-order valence-electron chi connectivity index (χ4n) is 2.14. The Morgan fingerprint density at radius 2 is 1.81 bits per heavy atom. The van der Waals surface area contributed by atoms with E-state index in [1.54, 1.807) is 24.3 Å². The van der Waals surface area contributed by atoms with Gasteiger partial charge in [0, 0.05) is 5.69 Å². The molecule has 0 aliphatic rings. The third-order valence-electron chi connectivity index (χ3n) is 3.31. The molecule has 0 fully saturated rings. The zero-order valence-electron chi connectivity index (χ0n) is 13.5. The van der Waals surface area contributed by atoms with Crippen LogP contribution in [0.15, 0.2) is 48.7 Å². The van der Waals surface area contributed by atoms with Crippen molar-refractivity contribution in [1.29, 1.82) is 0 Å². The Hall–Kier alpha value is -3.62. The molecule has 3 rings (SSSR count). The van der Waals surface area contributed by atoms with Crippen LogP contribution in [-0.2, 0) is 4.74 Å². The quantitative estimate of drug-likeness (QED) is 0.676. The van der Waals surface area contributed by atoms with E-state index < -0.39 is 17.6 Å². The van der Waals surface area contributed by atoms with Crippen LogP contribution >= 0.6 is 0 Å². The Bertz CT molecular complexity index is 932. The van der Waals surface area contributed by atoms with Gasteiger partial charge in [0.1, 0.15) is 17.3 Å². The van der Waals surface area contributed by atoms with Crippen molar-refractivity contribution >= 4 is 29.1 Å². The summed E-state index contributed by atoms with van der Waals surface area (Å²) in [5, 5.41) is 12.8. The standard InChI is InChI=1S/C17H13F2N5O2/c1-26-16(25)10-4-2-5-11(8-10)21-14-9-20-24-17(22-14)23-15-12(18)6-3-7-13(15)19/h2-9H,1H3,(H2,21,22,23,24). The molecule has 0 spiro atoms. The van der Waals surface area contributed by atoms with E-state index in [1.165, 1.54) is 19.4 Å². The minimum absolute atomic E-state index is 0.0943. The minimum Gasteiger partial charge on any atom is -0.465 e. The SMILES string of the molecule is COC(=O)c1cccc(Nc2cnnc(Nc3c(F)cccc3F)n2)c1. The lowest BCUT2D eigenvalue weighted by atomic mass is 10.2. The van der Waals surface area contributed by atoms with Gasteiger partial charge in [-0.2, -0.15) is 10.1 Å². The maximum Gasteiger partial charge on any atom is 0.337 e. The van der Waals surface area contributed by atoms with Crippen molar-refractivity contribution in [3.63, 3.8) is 0 Å². The van der Waals surface area contributed by atoms with Crippen molar-refractivity contribution in [2.24, 2.45) is 0 Å². The molecule has 2 N–H and O–H groups in total. The van der Waals surface area contributed by atoms with E-state index in [0.29, 0.717) is 11.3 Å². The minimum atomic E-state index is -0.780. The molecular weight excluding hydrogens is 344 g/mol. The molecule has 0 bridgehead atoms. The summed E-state index contributed by atoms with van der Waals surface area (Å²) in [6.07, 6.45) is 1.33. The van der Waals surface area contributed by atoms with Crippen molar-refractivity contribution < 1.29 is 18.3 Å². The summed E-state index contributed by atoms with van der Waals surface area (Å²) in [4.78, 5) is 15.7. The highest BCUT2D eigenvalue weighted by Crippen LogP contribution is 2.22. The first kappa shape index (κ1) is 17.2. The first-order valence-electron chi connectivity index (χ1n) is 7.43. The van der Waals surface area contributed by atoms with Crippen molar-refractivity contribution in [3.05, 3.63) is 65.9 Å². The molecule has 0 aliphatic heterocycles. The van der Waals surface area contributed by atoms with E-state index in [0.717, 1.165) is 12.1 Å². The number of anilines is 4. The fourth-order valence-corrected chi connectivity index (χ4v) is 2.14. The van der Waals surface area contributed by atoms with Crippen molar-refractivity contribution in [3.8, 4) is 0 Å². The lowest BCUT2D eigenvalue weighted by Gasteiger charge is -2.09. The van der Waals surface area contributed by atoms with E-state index in [1.807, 2.05) is 0 Å². The maximum absolute atomic E-state index is 13.7. The Labute approximate surface area is 147 Å². The Kier molecular flexibility index (Phi) is 4.97. The molecule has 0 unspecified atom stereocenters. The Morgan fingerprint density at radius 1 is 1.08 bits per heavy atom. The van der Waals surface area contributed by atoms with Crippen molar-refractivity contribution in [2.45, 2.75) is 0 Å². The number of para-hydroxylation sites is 1. The van der Waals surface area contributed by atoms with E-state index in [2.05, 4.69) is 30.6 Å². The van der Waals surface area contributed by atoms with Gasteiger partial charge in [0.2, 0.25) is 5.95 Å². The van der Waals surface area contributed by atoms with Crippen LogP contribution in [0.4, 0.5) is 31.9 Å². The number of carbonyl (C=O) groups excluding carboxylic acids is 1. The van der Waals surface area contributed by atoms with Crippen LogP contribution in [0.25, 0.3) is 0 Å². The predicted octanol–water partition coefficient (Wildman–Crippen LogP) is 3.42. The summed E-state index contributed by atoms with van der Waals surface area (Å²) in [5.41, 5.74) is 0.529. The van der Waals surface area contributed by atoms with E-state index in [9.17, 15) is 13.6 Å². The zero-order valence-corrected chi connectivity index (χ0v) is 13.5. The van der Waals surface area contributed by atoms with Crippen molar-refractivity contribution in [2.75, 3.05) is 17.7 Å². The highest BCUT2D eigenvalue weighted by Gasteiger charge is 2.11. The lowest BCUT2D eigenvalue weighted by molar-refractivity contribution is 0.0601. The molecule has 0 radical (unpaired) electrons. The maximum atomic E-state index is 13.7. The van der Waals surface area contributed by atoms with E-state index >= 15 is 0 Å². The van der Waals surface area contributed by atoms with Crippen LogP contribution in [0.3, 0.4) is 0 Å². The summed E-state index contributed by atoms with van der Waals surface area (Å²) < 4.78 is 32.1. The van der Waals surface area contributed by atoms with Gasteiger partial charge >= 0.3 is 5.97 Å². The number of nitrogens with zero attached hydrogens (tertiary/aromatic N) is 3. The van der Waals surface area contributed by atoms with Gasteiger partial charge in [-0.3, -0.25) is 0 Å². The second-order valence-electron chi connectivity index (χ2n) is 5.08. The highest BCUT2D eigenvalue weighted by atomic mass is 19.1. The average Bonchev–Trinajstić information content (AvgIpc) is 2.65. The summed E-state index contributed by atoms with van der Waals surface area (Å²) in [6, 6.07) is 10.0. The molecule has 7 nitrogen and oxygen atoms in total. The molecule has 1 aromatic heterocycles. The fraction of sp³-hybridized carbons (Fsp3) is 0.0588. The first-order chi connectivity index (χ1) is 12.6. The van der Waals surface area contributed by atoms with Gasteiger partial charge in [0.15, 0.2) is 5.82 Å². The molecule has 2 aromatic carbocycles. The van der Waals surface area contributed by atoms with Gasteiger partial charge in [-0.05, 0) is 30.3 Å². The van der Waals surface area contributed by atoms with Crippen LogP contribution in [-0.4, -0.2) is 28.3 Å². The van der Waals surface area contributed by atoms with Gasteiger partial charge in [0.05, 0.1) is 18.9 Å². The number of benzene rings is 2. The van der Waals surface area contributed by atoms with Crippen molar-refractivity contribution in [1.82, 2.24) is 15.2 Å². The first-order valence-corrected chi connectivity index (χ1v) is 7.43. The monoisotopic (exact) mass is 357 g/mol. The number of aromatic nitrogens is 3. The molecular formula is C17H13F2N5O2. The molecule has 26 heavy (non-hydrogen) atoms. The number of methoxy groups -OCH3 is 1. The molecule has 0 saturated carbocycles. The second kappa shape index (κ2) is 7.51. The molecule has 9 heteroatoms. The second-order valence-corrected chi connectivity index (χ2v) is 5.08. The number of halogens is 2. The number of hydrogen-bond donors (Lipinski definition) is 2. The molecule has 0 aliphatic carbocycles. The van der Waals surface area contributed by atoms with Gasteiger partial charge in [-0.15, -0.1) is 5.10 Å². The number of ether oxygens (including phenoxy) is 1. The lowest BCUT2D eigenvalue weighted by Crippen LogP contribution is -2.05. The van der Waals surface area contributed by atoms with Crippen LogP contribution in [0, 0.1) is 11.6 Å². The normalized spacial score (nSPS) is 10.3. The zero-order chi connectivity index (χ0) is 18.5. The number of carbonyl (C=O) groups is 1. The van der Waals surface area contributed by atoms with Gasteiger partial charge < -0.3 is 15.4 Å². The molecule has 0 saturated heterocycles. The van der Waals surface area contributed by atoms with E-state index in [4.69, 9.17) is 0 Å². The van der Waals surface area contributed by atoms with Gasteiger partial charge in [-0.25, -0.2) is 13.6 Å². The third-order valence-corrected chi connectivity index (χ3v) is 3.31. The number of esters is 1. The largest absolute Gasteiger partial charge is 0.465 e. The number of hydrogen-bond acceptors (Lipinski definition) is 7. The summed E-state index contributed by atoms with van der Waals surface area (Å²) in [6.45, 7) is 0. The molecule has 1 heterocycles. The summed E-state index contributed by atoms with van der Waals surface area (Å²) in [5.74, 6) is -1.87. The van der Waals surface area contributed by atoms with Gasteiger partial charge in [0.25, 0.3) is 0 Å². The molecule has 0 atom stereocenters. The number of rotatable bonds is 5. The van der Waals surface area contributed by atoms with Crippen LogP contribution in [0.1, 0.15) is 10.4 Å². The van der Waals surface area contributed by atoms with Crippen LogP contribution in [0.2, 0.25) is 0 Å². The van der Waals surface area contributed by atoms with E-state index in [-0.39, 0.29) is 17.5 Å². The topological polar surface area (TPSA) is 89.0 Å². The third kappa shape index (κ3) is 3.89. The average molecular weight is 357 g/mol. The van der Waals surface area contributed by atoms with Crippen LogP contribution in [0.5, 0.6) is 0 Å². The predicted molar refractivity (Wildman–Crippen MR) is 90.5 cm³/mol. The molecule has 3 aromatic rings.